The Morgan fingerprint density at radius 2 is 1.44 bits per heavy atom. The minimum atomic E-state index is -5.04. The number of carboxylic acid groups (broad SMARTS) is 1. The number of thiophene rings is 1. The molecule has 0 saturated carbocycles. The van der Waals surface area contributed by atoms with Crippen LogP contribution in [0, 0.1) is 0 Å². The van der Waals surface area contributed by atoms with Crippen LogP contribution in [0.5, 0.6) is 0 Å². The molecule has 1 aromatic heterocycles. The number of carboxylic acids is 1. The molecule has 3 nitrogen and oxygen atoms in total. The Balaban J connectivity index is 1.85. The first-order valence-electron chi connectivity index (χ1n) is 9.14. The van der Waals surface area contributed by atoms with Crippen LogP contribution in [0.4, 0.5) is 32.0 Å². The molecular formula is C22H13F6NO2S. The van der Waals surface area contributed by atoms with Crippen molar-refractivity contribution >= 4 is 43.2 Å². The summed E-state index contributed by atoms with van der Waals surface area (Å²) >= 11 is 1.30. The Bertz CT molecular complexity index is 1290. The van der Waals surface area contributed by atoms with Crippen LogP contribution < -0.4 is 5.32 Å². The highest BCUT2D eigenvalue weighted by Crippen LogP contribution is 2.41. The van der Waals surface area contributed by atoms with Crippen molar-refractivity contribution in [2.24, 2.45) is 0 Å². The lowest BCUT2D eigenvalue weighted by Crippen LogP contribution is -2.21. The molecule has 10 heteroatoms. The van der Waals surface area contributed by atoms with Crippen LogP contribution in [0.1, 0.15) is 22.7 Å². The Hall–Kier alpha value is -3.27. The predicted molar refractivity (Wildman–Crippen MR) is 110 cm³/mol. The van der Waals surface area contributed by atoms with Gasteiger partial charge in [0.05, 0.1) is 11.1 Å². The zero-order chi connectivity index (χ0) is 23.3. The minimum absolute atomic E-state index is 0.00629. The molecule has 0 radical (unpaired) electrons. The lowest BCUT2D eigenvalue weighted by molar-refractivity contribution is -0.143. The summed E-state index contributed by atoms with van der Waals surface area (Å²) in [5.41, 5.74) is -3.42. The molecular weight excluding hydrogens is 456 g/mol. The molecule has 32 heavy (non-hydrogen) atoms. The molecule has 2 N–H and O–H groups in total. The summed E-state index contributed by atoms with van der Waals surface area (Å²) in [4.78, 5) is 12.0. The molecule has 0 saturated heterocycles. The lowest BCUT2D eigenvalue weighted by Gasteiger charge is -2.20. The van der Waals surface area contributed by atoms with Crippen molar-refractivity contribution < 1.29 is 36.2 Å². The van der Waals surface area contributed by atoms with Gasteiger partial charge in [-0.25, -0.2) is 4.79 Å². The van der Waals surface area contributed by atoms with E-state index in [1.54, 1.807) is 12.1 Å². The predicted octanol–water partition coefficient (Wildman–Crippen LogP) is 7.33. The monoisotopic (exact) mass is 469 g/mol. The third-order valence-electron chi connectivity index (χ3n) is 4.89. The summed E-state index contributed by atoms with van der Waals surface area (Å²) in [5.74, 6) is -1.44. The number of anilines is 1. The first kappa shape index (κ1) is 21.9. The van der Waals surface area contributed by atoms with E-state index in [2.05, 4.69) is 5.32 Å². The van der Waals surface area contributed by atoms with Gasteiger partial charge in [-0.1, -0.05) is 36.4 Å². The van der Waals surface area contributed by atoms with Gasteiger partial charge in [0.15, 0.2) is 6.04 Å². The summed E-state index contributed by atoms with van der Waals surface area (Å²) in [6, 6.07) is 11.5. The minimum Gasteiger partial charge on any atom is -0.479 e. The molecule has 1 unspecified atom stereocenters. The number of halogens is 6. The molecule has 0 amide bonds. The smallest absolute Gasteiger partial charge is 0.416 e. The summed E-state index contributed by atoms with van der Waals surface area (Å²) in [6.07, 6.45) is -10.1. The van der Waals surface area contributed by atoms with Gasteiger partial charge in [0, 0.05) is 31.4 Å². The van der Waals surface area contributed by atoms with Crippen molar-refractivity contribution in [3.05, 3.63) is 77.4 Å². The quantitative estimate of drug-likeness (QED) is 0.308. The van der Waals surface area contributed by atoms with Gasteiger partial charge in [0.25, 0.3) is 0 Å². The highest BCUT2D eigenvalue weighted by molar-refractivity contribution is 7.26. The van der Waals surface area contributed by atoms with Gasteiger partial charge in [-0.05, 0) is 24.3 Å². The maximum Gasteiger partial charge on any atom is 0.416 e. The van der Waals surface area contributed by atoms with E-state index in [-0.39, 0.29) is 11.6 Å². The van der Waals surface area contributed by atoms with Gasteiger partial charge in [0.1, 0.15) is 0 Å². The van der Waals surface area contributed by atoms with Crippen LogP contribution >= 0.6 is 11.3 Å². The number of fused-ring (bicyclic) bond motifs is 3. The normalized spacial score (nSPS) is 13.4. The van der Waals surface area contributed by atoms with Gasteiger partial charge in [-0.2, -0.15) is 26.3 Å². The first-order chi connectivity index (χ1) is 14.9. The lowest BCUT2D eigenvalue weighted by atomic mass is 10.0. The number of aliphatic carboxylic acids is 1. The third-order valence-corrected chi connectivity index (χ3v) is 6.13. The highest BCUT2D eigenvalue weighted by atomic mass is 32.1. The molecule has 0 aliphatic rings. The summed E-state index contributed by atoms with van der Waals surface area (Å²) in [6.45, 7) is 0. The van der Waals surface area contributed by atoms with E-state index in [9.17, 15) is 36.2 Å². The summed E-state index contributed by atoms with van der Waals surface area (Å²) in [7, 11) is 0. The van der Waals surface area contributed by atoms with Gasteiger partial charge in [0.2, 0.25) is 0 Å². The fourth-order valence-electron chi connectivity index (χ4n) is 3.47. The molecule has 4 aromatic rings. The van der Waals surface area contributed by atoms with E-state index in [4.69, 9.17) is 0 Å². The number of rotatable bonds is 4. The van der Waals surface area contributed by atoms with Gasteiger partial charge in [-0.15, -0.1) is 11.3 Å². The number of benzene rings is 3. The zero-order valence-electron chi connectivity index (χ0n) is 15.9. The largest absolute Gasteiger partial charge is 0.479 e. The number of carbonyl (C=O) groups is 1. The molecule has 4 rings (SSSR count). The number of nitrogens with one attached hydrogen (secondary N) is 1. The van der Waals surface area contributed by atoms with Gasteiger partial charge < -0.3 is 10.4 Å². The molecule has 0 aliphatic carbocycles. The third kappa shape index (κ3) is 4.10. The van der Waals surface area contributed by atoms with E-state index in [0.717, 1.165) is 15.5 Å². The second-order valence-corrected chi connectivity index (χ2v) is 8.08. The Morgan fingerprint density at radius 3 is 2.03 bits per heavy atom. The first-order valence-corrected chi connectivity index (χ1v) is 9.96. The van der Waals surface area contributed by atoms with Crippen LogP contribution in [0.3, 0.4) is 0 Å². The summed E-state index contributed by atoms with van der Waals surface area (Å²) < 4.78 is 80.5. The van der Waals surface area contributed by atoms with E-state index in [0.29, 0.717) is 16.8 Å². The second-order valence-electron chi connectivity index (χ2n) is 7.03. The molecule has 166 valence electrons. The van der Waals surface area contributed by atoms with Crippen molar-refractivity contribution in [1.82, 2.24) is 0 Å². The van der Waals surface area contributed by atoms with Crippen molar-refractivity contribution in [3.63, 3.8) is 0 Å². The molecule has 0 spiro atoms. The molecule has 0 fully saturated rings. The van der Waals surface area contributed by atoms with E-state index < -0.39 is 41.2 Å². The standard InChI is InChI=1S/C22H13F6NO2S/c23-21(24,25)11-8-12(22(26,27)28)10-13(9-11)29-18(20(30)31)16-6-3-5-15-14-4-1-2-7-17(14)32-19(15)16/h1-10,18,29H,(H,30,31). The van der Waals surface area contributed by atoms with Gasteiger partial charge >= 0.3 is 18.3 Å². The molecule has 0 aliphatic heterocycles. The molecule has 1 atom stereocenters. The van der Waals surface area contributed by atoms with E-state index in [1.807, 2.05) is 24.3 Å². The number of alkyl halides is 6. The van der Waals surface area contributed by atoms with Crippen molar-refractivity contribution in [2.45, 2.75) is 18.4 Å². The molecule has 3 aromatic carbocycles. The average Bonchev–Trinajstić information content (AvgIpc) is 3.09. The zero-order valence-corrected chi connectivity index (χ0v) is 16.7. The fraction of sp³-hybridized carbons (Fsp3) is 0.136. The van der Waals surface area contributed by atoms with Crippen molar-refractivity contribution in [2.75, 3.05) is 5.32 Å². The van der Waals surface area contributed by atoms with Crippen LogP contribution in [0.25, 0.3) is 20.2 Å². The van der Waals surface area contributed by atoms with Gasteiger partial charge in [-0.3, -0.25) is 0 Å². The molecule has 0 bridgehead atoms. The number of hydrogen-bond donors (Lipinski definition) is 2. The van der Waals surface area contributed by atoms with Crippen LogP contribution in [0.2, 0.25) is 0 Å². The highest BCUT2D eigenvalue weighted by Gasteiger charge is 2.37. The van der Waals surface area contributed by atoms with Crippen LogP contribution in [-0.2, 0) is 17.1 Å². The second kappa shape index (κ2) is 7.70. The molecule has 1 heterocycles. The van der Waals surface area contributed by atoms with E-state index in [1.165, 1.54) is 17.4 Å². The van der Waals surface area contributed by atoms with Crippen LogP contribution in [-0.4, -0.2) is 11.1 Å². The Morgan fingerprint density at radius 1 is 0.844 bits per heavy atom. The SMILES string of the molecule is O=C(O)C(Nc1cc(C(F)(F)F)cc(C(F)(F)F)c1)c1cccc2c1sc1ccccc12. The van der Waals surface area contributed by atoms with Crippen molar-refractivity contribution in [3.8, 4) is 0 Å². The van der Waals surface area contributed by atoms with E-state index >= 15 is 0 Å². The topological polar surface area (TPSA) is 49.3 Å². The summed E-state index contributed by atoms with van der Waals surface area (Å²) in [5, 5.41) is 13.8. The van der Waals surface area contributed by atoms with Crippen LogP contribution in [0.15, 0.2) is 60.7 Å². The maximum absolute atomic E-state index is 13.2. The number of hydrogen-bond acceptors (Lipinski definition) is 3. The average molecular weight is 469 g/mol. The maximum atomic E-state index is 13.2. The fourth-order valence-corrected chi connectivity index (χ4v) is 4.72. The Kier molecular flexibility index (Phi) is 5.28. The Labute approximate surface area is 180 Å². The van der Waals surface area contributed by atoms with Crippen molar-refractivity contribution in [1.29, 1.82) is 0 Å².